The van der Waals surface area contributed by atoms with E-state index in [2.05, 4.69) is 31.2 Å². The van der Waals surface area contributed by atoms with Gasteiger partial charge in [0.2, 0.25) is 0 Å². The van der Waals surface area contributed by atoms with Crippen molar-refractivity contribution in [2.24, 2.45) is 5.73 Å². The molecule has 1 atom stereocenters. The molecular weight excluding hydrogens is 222 g/mol. The standard InChI is InChI=1S/C16H19NO/c1-12-7-9-14(10-8-12)11-18-16-6-4-3-5-15(16)13(2)17/h3-10,13H,11,17H2,1-2H3/t13-/m1/s1. The number of hydrogen-bond acceptors (Lipinski definition) is 2. The molecule has 2 aromatic rings. The molecule has 0 aliphatic heterocycles. The second-order valence-electron chi connectivity index (χ2n) is 4.60. The summed E-state index contributed by atoms with van der Waals surface area (Å²) in [5, 5.41) is 0. The molecule has 0 aliphatic rings. The average molecular weight is 241 g/mol. The summed E-state index contributed by atoms with van der Waals surface area (Å²) in [7, 11) is 0. The maximum Gasteiger partial charge on any atom is 0.124 e. The molecule has 2 aromatic carbocycles. The number of ether oxygens (including phenoxy) is 1. The van der Waals surface area contributed by atoms with Gasteiger partial charge in [-0.1, -0.05) is 48.0 Å². The minimum absolute atomic E-state index is 0.0146. The predicted molar refractivity (Wildman–Crippen MR) is 74.6 cm³/mol. The molecule has 0 amide bonds. The zero-order valence-electron chi connectivity index (χ0n) is 10.9. The van der Waals surface area contributed by atoms with E-state index in [-0.39, 0.29) is 6.04 Å². The van der Waals surface area contributed by atoms with Crippen molar-refractivity contribution >= 4 is 0 Å². The average Bonchev–Trinajstić information content (AvgIpc) is 2.38. The number of rotatable bonds is 4. The van der Waals surface area contributed by atoms with Crippen LogP contribution in [0.2, 0.25) is 0 Å². The molecule has 0 aromatic heterocycles. The van der Waals surface area contributed by atoms with E-state index in [9.17, 15) is 0 Å². The van der Waals surface area contributed by atoms with Gasteiger partial charge in [-0.15, -0.1) is 0 Å². The van der Waals surface area contributed by atoms with Crippen LogP contribution in [-0.4, -0.2) is 0 Å². The van der Waals surface area contributed by atoms with E-state index < -0.39 is 0 Å². The third-order valence-corrected chi connectivity index (χ3v) is 2.92. The van der Waals surface area contributed by atoms with Crippen LogP contribution >= 0.6 is 0 Å². The molecule has 0 saturated heterocycles. The summed E-state index contributed by atoms with van der Waals surface area (Å²) in [5.74, 6) is 0.869. The number of aryl methyl sites for hydroxylation is 1. The van der Waals surface area contributed by atoms with Gasteiger partial charge in [0, 0.05) is 11.6 Å². The summed E-state index contributed by atoms with van der Waals surface area (Å²) in [6.07, 6.45) is 0. The van der Waals surface area contributed by atoms with Gasteiger partial charge in [0.05, 0.1) is 0 Å². The van der Waals surface area contributed by atoms with Gasteiger partial charge in [-0.05, 0) is 25.5 Å². The van der Waals surface area contributed by atoms with Crippen LogP contribution in [0.4, 0.5) is 0 Å². The SMILES string of the molecule is Cc1ccc(COc2ccccc2[C@@H](C)N)cc1. The fourth-order valence-electron chi connectivity index (χ4n) is 1.83. The molecule has 0 aliphatic carbocycles. The van der Waals surface area contributed by atoms with Gasteiger partial charge in [-0.3, -0.25) is 0 Å². The molecule has 0 unspecified atom stereocenters. The summed E-state index contributed by atoms with van der Waals surface area (Å²) in [5.41, 5.74) is 9.40. The van der Waals surface area contributed by atoms with Crippen molar-refractivity contribution in [1.82, 2.24) is 0 Å². The first-order chi connectivity index (χ1) is 8.66. The lowest BCUT2D eigenvalue weighted by Gasteiger charge is -2.13. The molecule has 2 rings (SSSR count). The Morgan fingerprint density at radius 1 is 1.06 bits per heavy atom. The van der Waals surface area contributed by atoms with Crippen LogP contribution < -0.4 is 10.5 Å². The summed E-state index contributed by atoms with van der Waals surface area (Å²) >= 11 is 0. The van der Waals surface area contributed by atoms with Gasteiger partial charge in [0.25, 0.3) is 0 Å². The minimum atomic E-state index is -0.0146. The van der Waals surface area contributed by atoms with E-state index in [4.69, 9.17) is 10.5 Å². The van der Waals surface area contributed by atoms with Crippen molar-refractivity contribution in [2.45, 2.75) is 26.5 Å². The van der Waals surface area contributed by atoms with Gasteiger partial charge >= 0.3 is 0 Å². The fourth-order valence-corrected chi connectivity index (χ4v) is 1.83. The third-order valence-electron chi connectivity index (χ3n) is 2.92. The van der Waals surface area contributed by atoms with E-state index >= 15 is 0 Å². The van der Waals surface area contributed by atoms with Gasteiger partial charge in [0.15, 0.2) is 0 Å². The summed E-state index contributed by atoms with van der Waals surface area (Å²) in [6.45, 7) is 4.62. The monoisotopic (exact) mass is 241 g/mol. The molecule has 0 spiro atoms. The summed E-state index contributed by atoms with van der Waals surface area (Å²) < 4.78 is 5.84. The predicted octanol–water partition coefficient (Wildman–Crippen LogP) is 3.59. The van der Waals surface area contributed by atoms with Crippen molar-refractivity contribution < 1.29 is 4.74 Å². The second kappa shape index (κ2) is 5.69. The van der Waals surface area contributed by atoms with Crippen LogP contribution in [0.15, 0.2) is 48.5 Å². The van der Waals surface area contributed by atoms with Crippen molar-refractivity contribution in [1.29, 1.82) is 0 Å². The lowest BCUT2D eigenvalue weighted by Crippen LogP contribution is -2.07. The Morgan fingerprint density at radius 3 is 2.39 bits per heavy atom. The zero-order chi connectivity index (χ0) is 13.0. The Kier molecular flexibility index (Phi) is 4.00. The summed E-state index contributed by atoms with van der Waals surface area (Å²) in [4.78, 5) is 0. The van der Waals surface area contributed by atoms with E-state index in [1.165, 1.54) is 11.1 Å². The number of para-hydroxylation sites is 1. The van der Waals surface area contributed by atoms with Crippen molar-refractivity contribution in [2.75, 3.05) is 0 Å². The van der Waals surface area contributed by atoms with Gasteiger partial charge < -0.3 is 10.5 Å². The van der Waals surface area contributed by atoms with Crippen LogP contribution in [-0.2, 0) is 6.61 Å². The molecule has 0 heterocycles. The van der Waals surface area contributed by atoms with Crippen LogP contribution in [0.3, 0.4) is 0 Å². The molecule has 0 saturated carbocycles. The molecular formula is C16H19NO. The van der Waals surface area contributed by atoms with Crippen LogP contribution in [0.25, 0.3) is 0 Å². The molecule has 0 fully saturated rings. The Bertz CT molecular complexity index is 503. The Hall–Kier alpha value is -1.80. The molecule has 0 bridgehead atoms. The van der Waals surface area contributed by atoms with E-state index in [1.807, 2.05) is 31.2 Å². The van der Waals surface area contributed by atoms with Crippen LogP contribution in [0, 0.1) is 6.92 Å². The van der Waals surface area contributed by atoms with Crippen molar-refractivity contribution in [3.05, 3.63) is 65.2 Å². The fraction of sp³-hybridized carbons (Fsp3) is 0.250. The number of nitrogens with two attached hydrogens (primary N) is 1. The number of benzene rings is 2. The first-order valence-corrected chi connectivity index (χ1v) is 6.19. The maximum atomic E-state index is 5.92. The minimum Gasteiger partial charge on any atom is -0.489 e. The largest absolute Gasteiger partial charge is 0.489 e. The Morgan fingerprint density at radius 2 is 1.72 bits per heavy atom. The van der Waals surface area contributed by atoms with Gasteiger partial charge in [0.1, 0.15) is 12.4 Å². The first-order valence-electron chi connectivity index (χ1n) is 6.19. The highest BCUT2D eigenvalue weighted by molar-refractivity contribution is 5.35. The lowest BCUT2D eigenvalue weighted by molar-refractivity contribution is 0.301. The molecule has 0 radical (unpaired) electrons. The van der Waals surface area contributed by atoms with Crippen molar-refractivity contribution in [3.8, 4) is 5.75 Å². The zero-order valence-corrected chi connectivity index (χ0v) is 10.9. The molecule has 94 valence electrons. The highest BCUT2D eigenvalue weighted by Crippen LogP contribution is 2.24. The highest BCUT2D eigenvalue weighted by atomic mass is 16.5. The highest BCUT2D eigenvalue weighted by Gasteiger charge is 2.06. The van der Waals surface area contributed by atoms with Crippen LogP contribution in [0.1, 0.15) is 29.7 Å². The van der Waals surface area contributed by atoms with E-state index in [1.54, 1.807) is 0 Å². The molecule has 2 N–H and O–H groups in total. The topological polar surface area (TPSA) is 35.2 Å². The normalized spacial score (nSPS) is 12.2. The summed E-state index contributed by atoms with van der Waals surface area (Å²) in [6, 6.07) is 16.3. The van der Waals surface area contributed by atoms with Gasteiger partial charge in [-0.25, -0.2) is 0 Å². The quantitative estimate of drug-likeness (QED) is 0.887. The van der Waals surface area contributed by atoms with E-state index in [0.29, 0.717) is 6.61 Å². The van der Waals surface area contributed by atoms with Gasteiger partial charge in [-0.2, -0.15) is 0 Å². The molecule has 2 nitrogen and oxygen atoms in total. The van der Waals surface area contributed by atoms with Crippen molar-refractivity contribution in [3.63, 3.8) is 0 Å². The van der Waals surface area contributed by atoms with Crippen LogP contribution in [0.5, 0.6) is 5.75 Å². The second-order valence-corrected chi connectivity index (χ2v) is 4.60. The third kappa shape index (κ3) is 3.11. The first kappa shape index (κ1) is 12.7. The number of hydrogen-bond donors (Lipinski definition) is 1. The molecule has 18 heavy (non-hydrogen) atoms. The Labute approximate surface area is 108 Å². The Balaban J connectivity index is 2.08. The van der Waals surface area contributed by atoms with E-state index in [0.717, 1.165) is 11.3 Å². The molecule has 2 heteroatoms. The smallest absolute Gasteiger partial charge is 0.124 e. The lowest BCUT2D eigenvalue weighted by atomic mass is 10.1. The maximum absolute atomic E-state index is 5.92.